The van der Waals surface area contributed by atoms with Crippen LogP contribution >= 0.6 is 23.2 Å². The monoisotopic (exact) mass is 297 g/mol. The lowest BCUT2D eigenvalue weighted by Gasteiger charge is -2.13. The molecular weight excluding hydrogens is 285 g/mol. The van der Waals surface area contributed by atoms with Crippen molar-refractivity contribution in [2.75, 3.05) is 11.9 Å². The van der Waals surface area contributed by atoms with Gasteiger partial charge in [-0.05, 0) is 30.7 Å². The van der Waals surface area contributed by atoms with Crippen LogP contribution in [0.1, 0.15) is 17.4 Å². The molecule has 0 fully saturated rings. The van der Waals surface area contributed by atoms with Crippen LogP contribution in [0.2, 0.25) is 10.0 Å². The molecule has 0 radical (unpaired) electrons. The van der Waals surface area contributed by atoms with Gasteiger partial charge in [0.25, 0.3) is 0 Å². The molecule has 0 aliphatic carbocycles. The average molecular weight is 298 g/mol. The van der Waals surface area contributed by atoms with Crippen molar-refractivity contribution in [3.63, 3.8) is 0 Å². The molecular formula is C13H13Cl2N3O. The van der Waals surface area contributed by atoms with Crippen molar-refractivity contribution >= 4 is 29.0 Å². The van der Waals surface area contributed by atoms with Crippen LogP contribution < -0.4 is 5.32 Å². The second-order valence-corrected chi connectivity index (χ2v) is 5.02. The Balaban J connectivity index is 2.03. The van der Waals surface area contributed by atoms with E-state index in [-0.39, 0.29) is 0 Å². The van der Waals surface area contributed by atoms with E-state index in [0.717, 1.165) is 5.69 Å². The number of aliphatic hydroxyl groups excluding tert-OH is 1. The Morgan fingerprint density at radius 1 is 1.21 bits per heavy atom. The van der Waals surface area contributed by atoms with Crippen LogP contribution in [-0.2, 0) is 0 Å². The van der Waals surface area contributed by atoms with Gasteiger partial charge in [-0.2, -0.15) is 0 Å². The number of benzene rings is 1. The molecule has 1 aromatic heterocycles. The highest BCUT2D eigenvalue weighted by atomic mass is 35.5. The van der Waals surface area contributed by atoms with Crippen molar-refractivity contribution in [1.29, 1.82) is 0 Å². The van der Waals surface area contributed by atoms with Gasteiger partial charge in [0.2, 0.25) is 0 Å². The minimum atomic E-state index is -0.724. The fourth-order valence-electron chi connectivity index (χ4n) is 1.64. The molecule has 0 amide bonds. The predicted octanol–water partition coefficient (Wildman–Crippen LogP) is 3.24. The Labute approximate surface area is 121 Å². The smallest absolute Gasteiger partial charge is 0.144 e. The standard InChI is InChI=1S/C13H13Cl2N3O/c1-8-5-16-7-13(18-8)17-6-12(19)9-2-10(14)4-11(15)3-9/h2-5,7,12,19H,6H2,1H3,(H,17,18). The molecule has 0 aliphatic rings. The third kappa shape index (κ3) is 4.06. The summed E-state index contributed by atoms with van der Waals surface area (Å²) < 4.78 is 0. The third-order valence-corrected chi connectivity index (χ3v) is 2.94. The Hall–Kier alpha value is -1.36. The number of halogens is 2. The number of nitrogens with one attached hydrogen (secondary N) is 1. The number of aromatic nitrogens is 2. The highest BCUT2D eigenvalue weighted by Crippen LogP contribution is 2.23. The number of aryl methyl sites for hydroxylation is 1. The van der Waals surface area contributed by atoms with Crippen molar-refractivity contribution in [1.82, 2.24) is 9.97 Å². The van der Waals surface area contributed by atoms with Gasteiger partial charge in [-0.1, -0.05) is 23.2 Å². The molecule has 0 bridgehead atoms. The van der Waals surface area contributed by atoms with Crippen molar-refractivity contribution in [3.8, 4) is 0 Å². The predicted molar refractivity (Wildman–Crippen MR) is 76.7 cm³/mol. The first-order chi connectivity index (χ1) is 9.04. The highest BCUT2D eigenvalue weighted by molar-refractivity contribution is 6.34. The normalized spacial score (nSPS) is 12.2. The summed E-state index contributed by atoms with van der Waals surface area (Å²) >= 11 is 11.8. The van der Waals surface area contributed by atoms with E-state index in [4.69, 9.17) is 23.2 Å². The van der Waals surface area contributed by atoms with Crippen molar-refractivity contribution in [2.24, 2.45) is 0 Å². The maximum atomic E-state index is 10.1. The van der Waals surface area contributed by atoms with E-state index in [1.807, 2.05) is 6.92 Å². The van der Waals surface area contributed by atoms with Crippen LogP contribution in [0.3, 0.4) is 0 Å². The first-order valence-electron chi connectivity index (χ1n) is 5.71. The van der Waals surface area contributed by atoms with Crippen LogP contribution in [0.5, 0.6) is 0 Å². The number of rotatable bonds is 4. The largest absolute Gasteiger partial charge is 0.387 e. The molecule has 6 heteroatoms. The molecule has 1 atom stereocenters. The zero-order chi connectivity index (χ0) is 13.8. The first-order valence-corrected chi connectivity index (χ1v) is 6.47. The van der Waals surface area contributed by atoms with Gasteiger partial charge in [0, 0.05) is 22.8 Å². The lowest BCUT2D eigenvalue weighted by Crippen LogP contribution is -2.13. The lowest BCUT2D eigenvalue weighted by molar-refractivity contribution is 0.191. The van der Waals surface area contributed by atoms with E-state index >= 15 is 0 Å². The minimum Gasteiger partial charge on any atom is -0.387 e. The summed E-state index contributed by atoms with van der Waals surface area (Å²) in [4.78, 5) is 8.25. The molecule has 19 heavy (non-hydrogen) atoms. The second kappa shape index (κ2) is 6.19. The molecule has 2 N–H and O–H groups in total. The fourth-order valence-corrected chi connectivity index (χ4v) is 2.18. The number of hydrogen-bond acceptors (Lipinski definition) is 4. The van der Waals surface area contributed by atoms with Gasteiger partial charge in [0.15, 0.2) is 0 Å². The maximum Gasteiger partial charge on any atom is 0.144 e. The van der Waals surface area contributed by atoms with Crippen LogP contribution in [0, 0.1) is 6.92 Å². The molecule has 1 aromatic carbocycles. The summed E-state index contributed by atoms with van der Waals surface area (Å²) in [6.45, 7) is 2.15. The summed E-state index contributed by atoms with van der Waals surface area (Å²) in [6, 6.07) is 4.99. The Morgan fingerprint density at radius 2 is 1.89 bits per heavy atom. The van der Waals surface area contributed by atoms with Crippen molar-refractivity contribution in [3.05, 3.63) is 51.9 Å². The maximum absolute atomic E-state index is 10.1. The van der Waals surface area contributed by atoms with E-state index in [2.05, 4.69) is 15.3 Å². The number of anilines is 1. The van der Waals surface area contributed by atoms with Gasteiger partial charge in [0.1, 0.15) is 5.82 Å². The van der Waals surface area contributed by atoms with Gasteiger partial charge in [0.05, 0.1) is 18.0 Å². The van der Waals surface area contributed by atoms with E-state index in [1.54, 1.807) is 30.6 Å². The SMILES string of the molecule is Cc1cncc(NCC(O)c2cc(Cl)cc(Cl)c2)n1. The van der Waals surface area contributed by atoms with Gasteiger partial charge in [-0.15, -0.1) is 0 Å². The topological polar surface area (TPSA) is 58.0 Å². The average Bonchev–Trinajstić information content (AvgIpc) is 2.35. The van der Waals surface area contributed by atoms with Gasteiger partial charge in [-0.3, -0.25) is 4.98 Å². The van der Waals surface area contributed by atoms with Gasteiger partial charge in [-0.25, -0.2) is 4.98 Å². The molecule has 0 saturated carbocycles. The van der Waals surface area contributed by atoms with Crippen molar-refractivity contribution in [2.45, 2.75) is 13.0 Å². The molecule has 2 rings (SSSR count). The molecule has 100 valence electrons. The molecule has 1 heterocycles. The van der Waals surface area contributed by atoms with Crippen LogP contribution in [0.25, 0.3) is 0 Å². The van der Waals surface area contributed by atoms with Crippen LogP contribution in [0.15, 0.2) is 30.6 Å². The third-order valence-electron chi connectivity index (χ3n) is 2.50. The number of hydrogen-bond donors (Lipinski definition) is 2. The summed E-state index contributed by atoms with van der Waals surface area (Å²) in [5.74, 6) is 0.618. The second-order valence-electron chi connectivity index (χ2n) is 4.15. The van der Waals surface area contributed by atoms with Crippen molar-refractivity contribution < 1.29 is 5.11 Å². The minimum absolute atomic E-state index is 0.300. The molecule has 0 saturated heterocycles. The number of aliphatic hydroxyl groups is 1. The van der Waals surface area contributed by atoms with E-state index < -0.39 is 6.10 Å². The van der Waals surface area contributed by atoms with Gasteiger partial charge >= 0.3 is 0 Å². The zero-order valence-corrected chi connectivity index (χ0v) is 11.8. The van der Waals surface area contributed by atoms with Gasteiger partial charge < -0.3 is 10.4 Å². The summed E-state index contributed by atoms with van der Waals surface area (Å²) in [7, 11) is 0. The fraction of sp³-hybridized carbons (Fsp3) is 0.231. The molecule has 2 aromatic rings. The Bertz CT molecular complexity index is 557. The Morgan fingerprint density at radius 3 is 2.53 bits per heavy atom. The summed E-state index contributed by atoms with van der Waals surface area (Å²) in [5, 5.41) is 14.1. The zero-order valence-electron chi connectivity index (χ0n) is 10.3. The van der Waals surface area contributed by atoms with Crippen LogP contribution in [-0.4, -0.2) is 21.6 Å². The summed E-state index contributed by atoms with van der Waals surface area (Å²) in [6.07, 6.45) is 2.54. The summed E-state index contributed by atoms with van der Waals surface area (Å²) in [5.41, 5.74) is 1.47. The Kier molecular flexibility index (Phi) is 4.58. The molecule has 1 unspecified atom stereocenters. The molecule has 0 spiro atoms. The lowest BCUT2D eigenvalue weighted by atomic mass is 10.1. The van der Waals surface area contributed by atoms with Crippen LogP contribution in [0.4, 0.5) is 5.82 Å². The van der Waals surface area contributed by atoms with E-state index in [9.17, 15) is 5.11 Å². The number of nitrogens with zero attached hydrogens (tertiary/aromatic N) is 2. The molecule has 4 nitrogen and oxygen atoms in total. The van der Waals surface area contributed by atoms with E-state index in [1.165, 1.54) is 0 Å². The van der Waals surface area contributed by atoms with E-state index in [0.29, 0.717) is 28.0 Å². The first kappa shape index (κ1) is 14.1. The highest BCUT2D eigenvalue weighted by Gasteiger charge is 2.09. The molecule has 0 aliphatic heterocycles. The quantitative estimate of drug-likeness (QED) is 0.910.